The Kier molecular flexibility index (Phi) is 283. The minimum Gasteiger partial charge on any atom is -0.0776 e. The average molecular weight is 184 g/mol. The zero-order valence-corrected chi connectivity index (χ0v) is 4.37. The first-order valence-corrected chi connectivity index (χ1v) is 0. The zero-order valence-electron chi connectivity index (χ0n) is 1.06. The van der Waals surface area contributed by atoms with Crippen molar-refractivity contribution in [2.24, 2.45) is 0 Å². The van der Waals surface area contributed by atoms with Crippen molar-refractivity contribution < 1.29 is 51.2 Å². The molecule has 3 heteroatoms. The summed E-state index contributed by atoms with van der Waals surface area (Å²) in [7, 11) is 0. The molecular formula is CH4Fe3+6. The van der Waals surface area contributed by atoms with E-state index in [1.165, 1.54) is 0 Å². The Morgan fingerprint density at radius 3 is 0.500 bits per heavy atom. The Hall–Kier alpha value is 1.56. The Labute approximate surface area is 58.5 Å². The van der Waals surface area contributed by atoms with E-state index >= 15 is 0 Å². The van der Waals surface area contributed by atoms with E-state index in [0.29, 0.717) is 0 Å². The average Bonchev–Trinajstić information content (AvgIpc) is 0. The first kappa shape index (κ1) is 47.6. The minimum atomic E-state index is 0. The summed E-state index contributed by atoms with van der Waals surface area (Å²) in [4.78, 5) is 0. The summed E-state index contributed by atoms with van der Waals surface area (Å²) in [6.07, 6.45) is 0. The summed E-state index contributed by atoms with van der Waals surface area (Å²) in [5.74, 6) is 0. The van der Waals surface area contributed by atoms with Gasteiger partial charge in [-0.05, 0) is 0 Å². The van der Waals surface area contributed by atoms with Crippen molar-refractivity contribution in [1.29, 1.82) is 0 Å². The molecule has 26 valence electrons. The van der Waals surface area contributed by atoms with Crippen molar-refractivity contribution >= 4 is 0 Å². The fourth-order valence-corrected chi connectivity index (χ4v) is 0. The Morgan fingerprint density at radius 1 is 0.500 bits per heavy atom. The molecule has 0 aromatic heterocycles. The molecule has 0 atom stereocenters. The Balaban J connectivity index is 0. The predicted octanol–water partition coefficient (Wildman–Crippen LogP) is 0.629. The molecule has 0 unspecified atom stereocenters. The van der Waals surface area contributed by atoms with Gasteiger partial charge in [0.15, 0.2) is 0 Å². The van der Waals surface area contributed by atoms with Crippen LogP contribution in [0.2, 0.25) is 0 Å². The van der Waals surface area contributed by atoms with Gasteiger partial charge in [0, 0.05) is 0 Å². The van der Waals surface area contributed by atoms with Gasteiger partial charge in [0.2, 0.25) is 0 Å². The van der Waals surface area contributed by atoms with Gasteiger partial charge in [-0.3, -0.25) is 0 Å². The zero-order chi connectivity index (χ0) is 0. The first-order chi connectivity index (χ1) is 0. The van der Waals surface area contributed by atoms with Gasteiger partial charge in [-0.15, -0.1) is 0 Å². The molecule has 0 aliphatic heterocycles. The second kappa shape index (κ2) is 23.8. The van der Waals surface area contributed by atoms with Crippen LogP contribution in [0.25, 0.3) is 0 Å². The first-order valence-electron chi connectivity index (χ1n) is 0. The maximum absolute atomic E-state index is 0. The van der Waals surface area contributed by atoms with Crippen molar-refractivity contribution in [2.45, 2.75) is 7.43 Å². The van der Waals surface area contributed by atoms with Crippen molar-refractivity contribution in [3.8, 4) is 0 Å². The molecule has 0 saturated carbocycles. The maximum Gasteiger partial charge on any atom is 2.00 e. The molecule has 0 N–H and O–H groups in total. The summed E-state index contributed by atoms with van der Waals surface area (Å²) in [6.45, 7) is 0. The van der Waals surface area contributed by atoms with E-state index in [2.05, 4.69) is 0 Å². The van der Waals surface area contributed by atoms with Crippen molar-refractivity contribution in [2.75, 3.05) is 0 Å². The molecule has 0 aliphatic rings. The molecule has 0 nitrogen and oxygen atoms in total. The van der Waals surface area contributed by atoms with E-state index in [1.54, 1.807) is 0 Å². The topological polar surface area (TPSA) is 0 Å². The number of hydrogen-bond acceptors (Lipinski definition) is 0. The largest absolute Gasteiger partial charge is 2.00 e. The molecular weight excluding hydrogens is 180 g/mol. The van der Waals surface area contributed by atoms with Crippen LogP contribution in [-0.2, 0) is 51.2 Å². The molecule has 0 fully saturated rings. The van der Waals surface area contributed by atoms with Gasteiger partial charge in [0.25, 0.3) is 0 Å². The van der Waals surface area contributed by atoms with Crippen LogP contribution >= 0.6 is 0 Å². The van der Waals surface area contributed by atoms with Crippen molar-refractivity contribution in [1.82, 2.24) is 0 Å². The van der Waals surface area contributed by atoms with Gasteiger partial charge < -0.3 is 0 Å². The molecule has 0 radical (unpaired) electrons. The van der Waals surface area contributed by atoms with Gasteiger partial charge in [0.05, 0.1) is 0 Å². The van der Waals surface area contributed by atoms with Crippen LogP contribution in [0.5, 0.6) is 0 Å². The molecule has 0 bridgehead atoms. The van der Waals surface area contributed by atoms with E-state index in [1.807, 2.05) is 0 Å². The molecule has 0 rings (SSSR count). The summed E-state index contributed by atoms with van der Waals surface area (Å²) in [5.41, 5.74) is 0. The van der Waals surface area contributed by atoms with Crippen LogP contribution in [0.1, 0.15) is 7.43 Å². The van der Waals surface area contributed by atoms with E-state index in [-0.39, 0.29) is 58.6 Å². The van der Waals surface area contributed by atoms with Gasteiger partial charge in [0.1, 0.15) is 0 Å². The molecule has 0 saturated heterocycles. The molecule has 0 aliphatic carbocycles. The number of hydrogen-bond donors (Lipinski definition) is 0. The van der Waals surface area contributed by atoms with Gasteiger partial charge >= 0.3 is 51.2 Å². The quantitative estimate of drug-likeness (QED) is 0.484. The maximum atomic E-state index is 0. The Morgan fingerprint density at radius 2 is 0.500 bits per heavy atom. The summed E-state index contributed by atoms with van der Waals surface area (Å²) < 4.78 is 0. The normalized spacial score (nSPS) is 0. The van der Waals surface area contributed by atoms with Gasteiger partial charge in [-0.25, -0.2) is 0 Å². The van der Waals surface area contributed by atoms with E-state index in [9.17, 15) is 0 Å². The number of rotatable bonds is 0. The fraction of sp³-hybridized carbons (Fsp3) is 1.00. The van der Waals surface area contributed by atoms with Crippen LogP contribution < -0.4 is 0 Å². The minimum absolute atomic E-state index is 0. The van der Waals surface area contributed by atoms with E-state index in [4.69, 9.17) is 0 Å². The third-order valence-electron chi connectivity index (χ3n) is 0. The smallest absolute Gasteiger partial charge is 0.0776 e. The van der Waals surface area contributed by atoms with Crippen LogP contribution in [0.4, 0.5) is 0 Å². The third-order valence-corrected chi connectivity index (χ3v) is 0. The summed E-state index contributed by atoms with van der Waals surface area (Å²) in [5, 5.41) is 0. The monoisotopic (exact) mass is 184 g/mol. The standard InChI is InChI=1S/CH4.3Fe/h1H4;;;/q;3*+2. The molecule has 0 heterocycles. The summed E-state index contributed by atoms with van der Waals surface area (Å²) >= 11 is 0. The van der Waals surface area contributed by atoms with Gasteiger partial charge in [-0.1, -0.05) is 7.43 Å². The molecule has 0 amide bonds. The molecule has 0 spiro atoms. The van der Waals surface area contributed by atoms with Crippen molar-refractivity contribution in [3.05, 3.63) is 0 Å². The fourth-order valence-electron chi connectivity index (χ4n) is 0. The van der Waals surface area contributed by atoms with Crippen LogP contribution in [-0.4, -0.2) is 0 Å². The molecule has 0 aromatic carbocycles. The second-order valence-electron chi connectivity index (χ2n) is 0. The van der Waals surface area contributed by atoms with Gasteiger partial charge in [-0.2, -0.15) is 0 Å². The van der Waals surface area contributed by atoms with Crippen LogP contribution in [0, 0.1) is 0 Å². The predicted molar refractivity (Wildman–Crippen MR) is 6.73 cm³/mol. The van der Waals surface area contributed by atoms with E-state index in [0.717, 1.165) is 0 Å². The second-order valence-corrected chi connectivity index (χ2v) is 0. The third kappa shape index (κ3) is 9.59. The SMILES string of the molecule is C.[Fe+2].[Fe+2].[Fe+2]. The Bertz CT molecular complexity index is 3.25. The summed E-state index contributed by atoms with van der Waals surface area (Å²) in [6, 6.07) is 0. The van der Waals surface area contributed by atoms with Crippen LogP contribution in [0.15, 0.2) is 0 Å². The molecule has 0 aromatic rings. The van der Waals surface area contributed by atoms with Crippen LogP contribution in [0.3, 0.4) is 0 Å². The van der Waals surface area contributed by atoms with E-state index < -0.39 is 0 Å². The van der Waals surface area contributed by atoms with Crippen molar-refractivity contribution in [3.63, 3.8) is 0 Å². The molecule has 4 heavy (non-hydrogen) atoms.